The van der Waals surface area contributed by atoms with Crippen LogP contribution < -0.4 is 5.56 Å². The molecule has 0 fully saturated rings. The van der Waals surface area contributed by atoms with Crippen LogP contribution in [0.3, 0.4) is 0 Å². The highest BCUT2D eigenvalue weighted by atomic mass is 19.3. The average molecular weight is 397 g/mol. The third-order valence-corrected chi connectivity index (χ3v) is 4.76. The molecule has 4 aromatic rings. The Kier molecular flexibility index (Phi) is 4.79. The minimum absolute atomic E-state index is 0.0807. The SMILES string of the molecule is CN(Cc1nc2ccccc2n1C(F)F)C(=O)Cc1n[nH]c(=O)c2ccccc12. The summed E-state index contributed by atoms with van der Waals surface area (Å²) in [6.45, 7) is -2.86. The normalized spacial score (nSPS) is 11.4. The number of para-hydroxylation sites is 2. The molecule has 1 amide bonds. The maximum absolute atomic E-state index is 13.6. The Hall–Kier alpha value is -3.62. The molecule has 0 aliphatic carbocycles. The molecule has 2 aromatic heterocycles. The second kappa shape index (κ2) is 7.42. The first-order valence-corrected chi connectivity index (χ1v) is 8.90. The summed E-state index contributed by atoms with van der Waals surface area (Å²) < 4.78 is 28.0. The van der Waals surface area contributed by atoms with E-state index in [0.717, 1.165) is 4.57 Å². The zero-order valence-corrected chi connectivity index (χ0v) is 15.5. The molecule has 1 N–H and O–H groups in total. The highest BCUT2D eigenvalue weighted by Gasteiger charge is 2.21. The van der Waals surface area contributed by atoms with Crippen LogP contribution in [0.25, 0.3) is 21.8 Å². The average Bonchev–Trinajstić information content (AvgIpc) is 3.08. The van der Waals surface area contributed by atoms with Crippen molar-refractivity contribution in [1.29, 1.82) is 0 Å². The van der Waals surface area contributed by atoms with Gasteiger partial charge in [-0.3, -0.25) is 14.2 Å². The van der Waals surface area contributed by atoms with E-state index >= 15 is 0 Å². The van der Waals surface area contributed by atoms with Crippen molar-refractivity contribution in [3.8, 4) is 0 Å². The van der Waals surface area contributed by atoms with Crippen molar-refractivity contribution in [1.82, 2.24) is 24.6 Å². The number of hydrogen-bond acceptors (Lipinski definition) is 4. The van der Waals surface area contributed by atoms with Crippen LogP contribution in [-0.4, -0.2) is 37.6 Å². The van der Waals surface area contributed by atoms with Gasteiger partial charge in [-0.05, 0) is 18.2 Å². The first-order valence-electron chi connectivity index (χ1n) is 8.90. The topological polar surface area (TPSA) is 83.9 Å². The van der Waals surface area contributed by atoms with Crippen molar-refractivity contribution in [2.75, 3.05) is 7.05 Å². The Bertz CT molecular complexity index is 1260. The molecule has 0 unspecified atom stereocenters. The molecule has 9 heteroatoms. The number of imidazole rings is 1. The standard InChI is InChI=1S/C20H17F2N5O2/c1-26(11-17-23-14-8-4-5-9-16(14)27(17)20(21)22)18(28)10-15-12-6-2-3-7-13(12)19(29)25-24-15/h2-9,20H,10-11H2,1H3,(H,25,29). The number of aromatic nitrogens is 4. The number of carbonyl (C=O) groups is 1. The van der Waals surface area contributed by atoms with Crippen LogP contribution in [0.4, 0.5) is 8.78 Å². The Morgan fingerprint density at radius 2 is 1.83 bits per heavy atom. The van der Waals surface area contributed by atoms with E-state index in [9.17, 15) is 18.4 Å². The Morgan fingerprint density at radius 1 is 1.14 bits per heavy atom. The number of amides is 1. The van der Waals surface area contributed by atoms with Gasteiger partial charge in [-0.25, -0.2) is 10.1 Å². The zero-order chi connectivity index (χ0) is 20.5. The Balaban J connectivity index is 1.60. The molecule has 0 aliphatic rings. The summed E-state index contributed by atoms with van der Waals surface area (Å²) in [6.07, 6.45) is -0.0807. The maximum atomic E-state index is 13.6. The highest BCUT2D eigenvalue weighted by molar-refractivity contribution is 5.88. The molecule has 0 saturated carbocycles. The van der Waals surface area contributed by atoms with Crippen LogP contribution in [0.5, 0.6) is 0 Å². The number of rotatable bonds is 5. The number of H-pyrrole nitrogens is 1. The molecule has 148 valence electrons. The lowest BCUT2D eigenvalue weighted by Crippen LogP contribution is -2.30. The third-order valence-electron chi connectivity index (χ3n) is 4.76. The molecular formula is C20H17F2N5O2. The monoisotopic (exact) mass is 397 g/mol. The van der Waals surface area contributed by atoms with E-state index in [4.69, 9.17) is 0 Å². The van der Waals surface area contributed by atoms with Crippen molar-refractivity contribution in [2.45, 2.75) is 19.5 Å². The van der Waals surface area contributed by atoms with Crippen LogP contribution >= 0.6 is 0 Å². The maximum Gasteiger partial charge on any atom is 0.320 e. The van der Waals surface area contributed by atoms with Gasteiger partial charge in [0.05, 0.1) is 35.1 Å². The van der Waals surface area contributed by atoms with Gasteiger partial charge in [0, 0.05) is 12.4 Å². The van der Waals surface area contributed by atoms with E-state index in [-0.39, 0.29) is 30.3 Å². The predicted molar refractivity (Wildman–Crippen MR) is 104 cm³/mol. The van der Waals surface area contributed by atoms with Gasteiger partial charge in [-0.15, -0.1) is 0 Å². The second-order valence-electron chi connectivity index (χ2n) is 6.64. The van der Waals surface area contributed by atoms with E-state index in [2.05, 4.69) is 15.2 Å². The molecule has 0 aliphatic heterocycles. The van der Waals surface area contributed by atoms with Crippen molar-refractivity contribution in [3.05, 3.63) is 70.4 Å². The molecule has 0 bridgehead atoms. The number of nitrogens with one attached hydrogen (secondary N) is 1. The number of carbonyl (C=O) groups excluding carboxylic acids is 1. The van der Waals surface area contributed by atoms with Crippen molar-refractivity contribution in [2.24, 2.45) is 0 Å². The van der Waals surface area contributed by atoms with E-state index in [1.807, 2.05) is 0 Å². The van der Waals surface area contributed by atoms with Crippen LogP contribution in [0.1, 0.15) is 18.1 Å². The van der Waals surface area contributed by atoms with Crippen LogP contribution in [-0.2, 0) is 17.8 Å². The lowest BCUT2D eigenvalue weighted by molar-refractivity contribution is -0.129. The fourth-order valence-corrected chi connectivity index (χ4v) is 3.31. The first-order chi connectivity index (χ1) is 14.0. The largest absolute Gasteiger partial charge is 0.338 e. The zero-order valence-electron chi connectivity index (χ0n) is 15.5. The fourth-order valence-electron chi connectivity index (χ4n) is 3.31. The highest BCUT2D eigenvalue weighted by Crippen LogP contribution is 2.24. The minimum atomic E-state index is -2.77. The molecule has 0 atom stereocenters. The van der Waals surface area contributed by atoms with Crippen molar-refractivity contribution in [3.63, 3.8) is 0 Å². The minimum Gasteiger partial charge on any atom is -0.338 e. The van der Waals surface area contributed by atoms with Gasteiger partial charge in [-0.1, -0.05) is 30.3 Å². The smallest absolute Gasteiger partial charge is 0.320 e. The molecule has 2 heterocycles. The van der Waals surface area contributed by atoms with E-state index in [1.54, 1.807) is 48.5 Å². The number of fused-ring (bicyclic) bond motifs is 2. The summed E-state index contributed by atoms with van der Waals surface area (Å²) in [4.78, 5) is 30.2. The Labute approximate surface area is 163 Å². The first kappa shape index (κ1) is 18.7. The van der Waals surface area contributed by atoms with Crippen LogP contribution in [0, 0.1) is 0 Å². The van der Waals surface area contributed by atoms with Crippen molar-refractivity contribution < 1.29 is 13.6 Å². The summed E-state index contributed by atoms with van der Waals surface area (Å²) in [5.74, 6) is -0.237. The van der Waals surface area contributed by atoms with Gasteiger partial charge < -0.3 is 4.90 Å². The molecule has 0 radical (unpaired) electrons. The molecule has 0 spiro atoms. The number of aromatic amines is 1. The number of benzene rings is 2. The molecule has 7 nitrogen and oxygen atoms in total. The number of hydrogen-bond donors (Lipinski definition) is 1. The quantitative estimate of drug-likeness (QED) is 0.561. The van der Waals surface area contributed by atoms with Gasteiger partial charge in [0.25, 0.3) is 5.56 Å². The molecular weight excluding hydrogens is 380 g/mol. The van der Waals surface area contributed by atoms with E-state index < -0.39 is 6.55 Å². The molecule has 29 heavy (non-hydrogen) atoms. The molecule has 2 aromatic carbocycles. The predicted octanol–water partition coefficient (Wildman–Crippen LogP) is 2.87. The number of likely N-dealkylation sites (N-methyl/N-ethyl adjacent to an activating group) is 1. The summed E-state index contributed by atoms with van der Waals surface area (Å²) in [5, 5.41) is 7.40. The van der Waals surface area contributed by atoms with Gasteiger partial charge >= 0.3 is 6.55 Å². The molecule has 0 saturated heterocycles. The van der Waals surface area contributed by atoms with Crippen molar-refractivity contribution >= 4 is 27.7 Å². The summed E-state index contributed by atoms with van der Waals surface area (Å²) in [7, 11) is 1.52. The Morgan fingerprint density at radius 3 is 2.59 bits per heavy atom. The van der Waals surface area contributed by atoms with Gasteiger partial charge in [-0.2, -0.15) is 13.9 Å². The lowest BCUT2D eigenvalue weighted by Gasteiger charge is -2.18. The van der Waals surface area contributed by atoms with E-state index in [0.29, 0.717) is 27.5 Å². The second-order valence-corrected chi connectivity index (χ2v) is 6.64. The van der Waals surface area contributed by atoms with Gasteiger partial charge in [0.1, 0.15) is 5.82 Å². The van der Waals surface area contributed by atoms with Crippen LogP contribution in [0.15, 0.2) is 53.3 Å². The third kappa shape index (κ3) is 3.46. The van der Waals surface area contributed by atoms with E-state index in [1.165, 1.54) is 11.9 Å². The van der Waals surface area contributed by atoms with Gasteiger partial charge in [0.2, 0.25) is 5.91 Å². The molecule has 4 rings (SSSR count). The summed E-state index contributed by atoms with van der Waals surface area (Å²) in [6, 6.07) is 13.4. The number of nitrogens with zero attached hydrogens (tertiary/aromatic N) is 4. The number of halogens is 2. The van der Waals surface area contributed by atoms with Crippen LogP contribution in [0.2, 0.25) is 0 Å². The summed E-state index contributed by atoms with van der Waals surface area (Å²) >= 11 is 0. The number of alkyl halides is 2. The van der Waals surface area contributed by atoms with Gasteiger partial charge in [0.15, 0.2) is 0 Å². The lowest BCUT2D eigenvalue weighted by atomic mass is 10.1. The summed E-state index contributed by atoms with van der Waals surface area (Å²) in [5.41, 5.74) is 0.832. The fraction of sp³-hybridized carbons (Fsp3) is 0.200.